The highest BCUT2D eigenvalue weighted by Crippen LogP contribution is 2.44. The molecule has 32 heavy (non-hydrogen) atoms. The number of hydrogen-bond acceptors (Lipinski definition) is 5. The first-order valence-corrected chi connectivity index (χ1v) is 11.8. The molecule has 1 saturated heterocycles. The lowest BCUT2D eigenvalue weighted by Gasteiger charge is -2.42. The van der Waals surface area contributed by atoms with Gasteiger partial charge in [-0.05, 0) is 53.6 Å². The summed E-state index contributed by atoms with van der Waals surface area (Å²) in [7, 11) is 4.54. The highest BCUT2D eigenvalue weighted by atomic mass is 31.0. The second-order valence-electron chi connectivity index (χ2n) is 9.85. The highest BCUT2D eigenvalue weighted by molar-refractivity contribution is 7.17. The van der Waals surface area contributed by atoms with Crippen LogP contribution in [0.2, 0.25) is 0 Å². The molecule has 1 fully saturated rings. The lowest BCUT2D eigenvalue weighted by atomic mass is 9.81. The molecular formula is C24H35N4O3P. The molecule has 5 unspecified atom stereocenters. The highest BCUT2D eigenvalue weighted by Gasteiger charge is 2.44. The quantitative estimate of drug-likeness (QED) is 0.353. The molecule has 6 atom stereocenters. The maximum atomic E-state index is 13.9. The fourth-order valence-corrected chi connectivity index (χ4v) is 5.83. The van der Waals surface area contributed by atoms with Crippen molar-refractivity contribution in [2.45, 2.75) is 51.3 Å². The molecule has 1 aliphatic heterocycles. The summed E-state index contributed by atoms with van der Waals surface area (Å²) >= 11 is 0. The molecule has 3 rings (SSSR count). The number of carbonyl (C=O) groups is 1. The first kappa shape index (κ1) is 24.6. The second-order valence-corrected chi connectivity index (χ2v) is 10.9. The third-order valence-electron chi connectivity index (χ3n) is 6.85. The van der Waals surface area contributed by atoms with Crippen LogP contribution in [-0.4, -0.2) is 55.4 Å². The fourth-order valence-electron chi connectivity index (χ4n) is 5.30. The minimum atomic E-state index is -0.438. The molecule has 0 spiro atoms. The van der Waals surface area contributed by atoms with Gasteiger partial charge in [0.25, 0.3) is 0 Å². The molecular weight excluding hydrogens is 423 g/mol. The fraction of sp³-hybridized carbons (Fsp3) is 0.625. The Morgan fingerprint density at radius 1 is 1.47 bits per heavy atom. The lowest BCUT2D eigenvalue weighted by molar-refractivity contribution is -0.140. The summed E-state index contributed by atoms with van der Waals surface area (Å²) in [5.74, 6) is -0.555. The molecule has 0 bridgehead atoms. The molecule has 0 radical (unpaired) electrons. The molecule has 1 heterocycles. The third-order valence-corrected chi connectivity index (χ3v) is 7.23. The maximum absolute atomic E-state index is 13.9. The van der Waals surface area contributed by atoms with Gasteiger partial charge < -0.3 is 15.2 Å². The van der Waals surface area contributed by atoms with Crippen molar-refractivity contribution in [2.75, 3.05) is 26.9 Å². The minimum absolute atomic E-state index is 0.0511. The van der Waals surface area contributed by atoms with Gasteiger partial charge in [-0.2, -0.15) is 5.26 Å². The summed E-state index contributed by atoms with van der Waals surface area (Å²) in [5, 5.41) is 17.5. The molecule has 2 aliphatic rings. The summed E-state index contributed by atoms with van der Waals surface area (Å²) in [6.45, 7) is 7.77. The SMILES string of the molecule is CO[C@@H](C(C)P)C(C)CC1Cc2ccc(C#N)cc2C1C(=O)N(CC1(C)COC1)C(=N)N. The van der Waals surface area contributed by atoms with Crippen LogP contribution in [0.5, 0.6) is 0 Å². The summed E-state index contributed by atoms with van der Waals surface area (Å²) < 4.78 is 11.1. The van der Waals surface area contributed by atoms with Crippen molar-refractivity contribution in [2.24, 2.45) is 23.0 Å². The first-order valence-electron chi connectivity index (χ1n) is 11.1. The van der Waals surface area contributed by atoms with E-state index in [-0.39, 0.29) is 40.9 Å². The average molecular weight is 459 g/mol. The molecule has 1 aliphatic carbocycles. The van der Waals surface area contributed by atoms with E-state index in [9.17, 15) is 10.1 Å². The number of carbonyl (C=O) groups excluding carboxylic acids is 1. The predicted octanol–water partition coefficient (Wildman–Crippen LogP) is 2.88. The molecule has 0 aromatic heterocycles. The Kier molecular flexibility index (Phi) is 7.60. The third kappa shape index (κ3) is 4.98. The number of nitriles is 1. The standard InChI is InChI=1S/C24H35N4O3P/c1-14(21(30-4)15(2)32)7-18-9-17-6-5-16(10-25)8-19(17)20(18)22(29)28(23(26)27)11-24(3)12-31-13-24/h5-6,8,14-15,18,20-21H,7,9,11-13,32H2,1-4H3,(H3,26,27)/t14?,15?,18?,20?,21-/m1/s1. The van der Waals surface area contributed by atoms with Gasteiger partial charge in [0.05, 0.1) is 36.9 Å². The van der Waals surface area contributed by atoms with Crippen molar-refractivity contribution in [3.05, 3.63) is 34.9 Å². The van der Waals surface area contributed by atoms with Gasteiger partial charge in [-0.1, -0.05) is 26.8 Å². The van der Waals surface area contributed by atoms with Gasteiger partial charge in [0.2, 0.25) is 5.91 Å². The van der Waals surface area contributed by atoms with Gasteiger partial charge in [-0.3, -0.25) is 15.1 Å². The Labute approximate surface area is 193 Å². The predicted molar refractivity (Wildman–Crippen MR) is 127 cm³/mol. The van der Waals surface area contributed by atoms with Gasteiger partial charge in [0.15, 0.2) is 5.96 Å². The lowest BCUT2D eigenvalue weighted by Crippen LogP contribution is -2.55. The van der Waals surface area contributed by atoms with E-state index in [1.807, 2.05) is 25.1 Å². The molecule has 8 heteroatoms. The van der Waals surface area contributed by atoms with Crippen LogP contribution in [0.3, 0.4) is 0 Å². The Balaban J connectivity index is 1.94. The van der Waals surface area contributed by atoms with E-state index in [2.05, 4.69) is 29.2 Å². The van der Waals surface area contributed by atoms with Crippen LogP contribution in [0.1, 0.15) is 49.8 Å². The Hall–Kier alpha value is -2.00. The van der Waals surface area contributed by atoms with E-state index in [1.165, 1.54) is 4.90 Å². The van der Waals surface area contributed by atoms with E-state index >= 15 is 0 Å². The molecule has 1 aromatic rings. The number of rotatable bonds is 8. The zero-order chi connectivity index (χ0) is 23.6. The number of amides is 1. The van der Waals surface area contributed by atoms with Crippen LogP contribution >= 0.6 is 9.24 Å². The first-order chi connectivity index (χ1) is 15.1. The van der Waals surface area contributed by atoms with Crippen molar-refractivity contribution in [3.8, 4) is 6.07 Å². The van der Waals surface area contributed by atoms with Crippen LogP contribution in [0.15, 0.2) is 18.2 Å². The van der Waals surface area contributed by atoms with E-state index in [1.54, 1.807) is 7.11 Å². The summed E-state index contributed by atoms with van der Waals surface area (Å²) in [5.41, 5.74) is 8.50. The van der Waals surface area contributed by atoms with E-state index < -0.39 is 5.92 Å². The molecule has 3 N–H and O–H groups in total. The number of guanidine groups is 1. The zero-order valence-electron chi connectivity index (χ0n) is 19.4. The second kappa shape index (κ2) is 9.87. The number of nitrogens with zero attached hydrogens (tertiary/aromatic N) is 2. The van der Waals surface area contributed by atoms with Crippen LogP contribution in [0.4, 0.5) is 0 Å². The number of ether oxygens (including phenoxy) is 2. The van der Waals surface area contributed by atoms with Gasteiger partial charge in [-0.15, -0.1) is 9.24 Å². The largest absolute Gasteiger partial charge is 0.381 e. The van der Waals surface area contributed by atoms with E-state index in [0.717, 1.165) is 24.0 Å². The topological polar surface area (TPSA) is 112 Å². The Morgan fingerprint density at radius 2 is 2.16 bits per heavy atom. The number of fused-ring (bicyclic) bond motifs is 1. The van der Waals surface area contributed by atoms with Crippen molar-refractivity contribution >= 4 is 21.1 Å². The molecule has 1 aromatic carbocycles. The summed E-state index contributed by atoms with van der Waals surface area (Å²) in [6.07, 6.45) is 1.62. The van der Waals surface area contributed by atoms with Crippen LogP contribution in [0.25, 0.3) is 0 Å². The van der Waals surface area contributed by atoms with Crippen LogP contribution in [-0.2, 0) is 20.7 Å². The zero-order valence-corrected chi connectivity index (χ0v) is 20.6. The van der Waals surface area contributed by atoms with Crippen LogP contribution < -0.4 is 5.73 Å². The molecule has 174 valence electrons. The number of hydrogen-bond donors (Lipinski definition) is 2. The van der Waals surface area contributed by atoms with E-state index in [0.29, 0.717) is 25.3 Å². The average Bonchev–Trinajstić information content (AvgIpc) is 3.06. The Morgan fingerprint density at radius 3 is 2.66 bits per heavy atom. The van der Waals surface area contributed by atoms with Crippen LogP contribution in [0, 0.1) is 34.0 Å². The maximum Gasteiger partial charge on any atom is 0.237 e. The summed E-state index contributed by atoms with van der Waals surface area (Å²) in [6, 6.07) is 7.80. The summed E-state index contributed by atoms with van der Waals surface area (Å²) in [4.78, 5) is 15.3. The smallest absolute Gasteiger partial charge is 0.237 e. The van der Waals surface area contributed by atoms with Crippen molar-refractivity contribution in [1.82, 2.24) is 4.90 Å². The van der Waals surface area contributed by atoms with Crippen molar-refractivity contribution in [1.29, 1.82) is 10.7 Å². The van der Waals surface area contributed by atoms with Crippen molar-refractivity contribution < 1.29 is 14.3 Å². The monoisotopic (exact) mass is 458 g/mol. The molecule has 0 saturated carbocycles. The Bertz CT molecular complexity index is 909. The number of benzene rings is 1. The van der Waals surface area contributed by atoms with Gasteiger partial charge in [0.1, 0.15) is 0 Å². The van der Waals surface area contributed by atoms with Crippen molar-refractivity contribution in [3.63, 3.8) is 0 Å². The van der Waals surface area contributed by atoms with Gasteiger partial charge in [-0.25, -0.2) is 0 Å². The van der Waals surface area contributed by atoms with Gasteiger partial charge in [0, 0.05) is 19.1 Å². The number of nitrogens with one attached hydrogen (secondary N) is 1. The van der Waals surface area contributed by atoms with Gasteiger partial charge >= 0.3 is 0 Å². The minimum Gasteiger partial charge on any atom is -0.381 e. The number of nitrogens with two attached hydrogens (primary N) is 1. The normalized spacial score (nSPS) is 23.9. The van der Waals surface area contributed by atoms with E-state index in [4.69, 9.17) is 20.6 Å². The molecule has 7 nitrogen and oxygen atoms in total. The number of methoxy groups -OCH3 is 1. The molecule has 1 amide bonds.